The van der Waals surface area contributed by atoms with Gasteiger partial charge in [-0.25, -0.2) is 14.6 Å². The predicted octanol–water partition coefficient (Wildman–Crippen LogP) is 0.866. The number of fused-ring (bicyclic) bond motifs is 1. The first-order valence-corrected chi connectivity index (χ1v) is 5.31. The number of amides is 1. The van der Waals surface area contributed by atoms with Gasteiger partial charge in [0.25, 0.3) is 0 Å². The number of hydrogen-bond donors (Lipinski definition) is 1. The molecule has 6 nitrogen and oxygen atoms in total. The molecule has 0 bridgehead atoms. The first kappa shape index (κ1) is 10.4. The fourth-order valence-corrected chi connectivity index (χ4v) is 1.73. The highest BCUT2D eigenvalue weighted by molar-refractivity contribution is 5.92. The normalized spacial score (nSPS) is 10.7. The Morgan fingerprint density at radius 2 is 1.89 bits per heavy atom. The molecule has 1 amide bonds. The minimum Gasteiger partial charge on any atom is -0.366 e. The second-order valence-corrected chi connectivity index (χ2v) is 3.74. The fraction of sp³-hybridized carbons (Fsp3) is 0. The van der Waals surface area contributed by atoms with Gasteiger partial charge in [0, 0.05) is 5.56 Å². The van der Waals surface area contributed by atoms with Gasteiger partial charge in [0.15, 0.2) is 5.82 Å². The average Bonchev–Trinajstić information content (AvgIpc) is 2.87. The summed E-state index contributed by atoms with van der Waals surface area (Å²) in [6.07, 6.45) is 3.14. The minimum absolute atomic E-state index is 0.453. The molecule has 0 fully saturated rings. The Bertz CT molecular complexity index is 673. The molecule has 2 heterocycles. The van der Waals surface area contributed by atoms with Gasteiger partial charge in [-0.15, -0.1) is 0 Å². The van der Waals surface area contributed by atoms with Crippen molar-refractivity contribution >= 4 is 5.91 Å². The van der Waals surface area contributed by atoms with E-state index in [9.17, 15) is 4.79 Å². The second-order valence-electron chi connectivity index (χ2n) is 3.74. The van der Waals surface area contributed by atoms with Crippen LogP contribution in [-0.2, 0) is 0 Å². The zero-order valence-electron chi connectivity index (χ0n) is 9.32. The van der Waals surface area contributed by atoms with Crippen molar-refractivity contribution < 1.29 is 4.79 Å². The van der Waals surface area contributed by atoms with Gasteiger partial charge >= 0.3 is 0 Å². The SMILES string of the molecule is NC(=O)c1ccc(-n2nccc3ncnc2-3)cc1. The molecule has 2 aliphatic rings. The number of rotatable bonds is 2. The lowest BCUT2D eigenvalue weighted by molar-refractivity contribution is 0.100. The zero-order valence-corrected chi connectivity index (χ0v) is 9.32. The largest absolute Gasteiger partial charge is 0.366 e. The molecule has 1 aromatic carbocycles. The van der Waals surface area contributed by atoms with Crippen molar-refractivity contribution in [3.05, 3.63) is 48.4 Å². The topological polar surface area (TPSA) is 86.7 Å². The number of carbonyl (C=O) groups excluding carboxylic acids is 1. The van der Waals surface area contributed by atoms with E-state index in [1.54, 1.807) is 41.2 Å². The molecule has 18 heavy (non-hydrogen) atoms. The predicted molar refractivity (Wildman–Crippen MR) is 64.3 cm³/mol. The van der Waals surface area contributed by atoms with E-state index < -0.39 is 5.91 Å². The molecule has 0 spiro atoms. The first-order valence-electron chi connectivity index (χ1n) is 5.31. The maximum absolute atomic E-state index is 11.0. The Kier molecular flexibility index (Phi) is 2.26. The van der Waals surface area contributed by atoms with Crippen molar-refractivity contribution in [1.82, 2.24) is 19.7 Å². The van der Waals surface area contributed by atoms with Crippen LogP contribution >= 0.6 is 0 Å². The summed E-state index contributed by atoms with van der Waals surface area (Å²) in [4.78, 5) is 19.3. The lowest BCUT2D eigenvalue weighted by Gasteiger charge is -2.08. The third-order valence-corrected chi connectivity index (χ3v) is 2.62. The third-order valence-electron chi connectivity index (χ3n) is 2.62. The summed E-state index contributed by atoms with van der Waals surface area (Å²) >= 11 is 0. The monoisotopic (exact) mass is 239 g/mol. The van der Waals surface area contributed by atoms with E-state index in [2.05, 4.69) is 15.1 Å². The van der Waals surface area contributed by atoms with E-state index >= 15 is 0 Å². The number of hydrogen-bond acceptors (Lipinski definition) is 4. The van der Waals surface area contributed by atoms with Crippen molar-refractivity contribution in [1.29, 1.82) is 0 Å². The molecular weight excluding hydrogens is 230 g/mol. The van der Waals surface area contributed by atoms with Crippen LogP contribution in [0.5, 0.6) is 0 Å². The molecule has 0 aliphatic carbocycles. The summed E-state index contributed by atoms with van der Waals surface area (Å²) in [5.74, 6) is 0.218. The molecule has 1 aromatic rings. The summed E-state index contributed by atoms with van der Waals surface area (Å²) in [6.45, 7) is 0. The van der Waals surface area contributed by atoms with Gasteiger partial charge in [0.1, 0.15) is 12.0 Å². The summed E-state index contributed by atoms with van der Waals surface area (Å²) < 4.78 is 1.66. The summed E-state index contributed by atoms with van der Waals surface area (Å²) in [5.41, 5.74) is 7.22. The summed E-state index contributed by atoms with van der Waals surface area (Å²) in [7, 11) is 0. The Morgan fingerprint density at radius 1 is 1.11 bits per heavy atom. The molecule has 0 saturated heterocycles. The molecule has 0 radical (unpaired) electrons. The van der Waals surface area contributed by atoms with Crippen molar-refractivity contribution in [2.24, 2.45) is 5.73 Å². The smallest absolute Gasteiger partial charge is 0.248 e. The highest BCUT2D eigenvalue weighted by atomic mass is 16.1. The second kappa shape index (κ2) is 3.92. The van der Waals surface area contributed by atoms with Crippen LogP contribution in [0.25, 0.3) is 17.2 Å². The molecule has 2 N–H and O–H groups in total. The zero-order chi connectivity index (χ0) is 12.5. The van der Waals surface area contributed by atoms with Gasteiger partial charge in [-0.2, -0.15) is 5.10 Å². The number of carbonyl (C=O) groups is 1. The van der Waals surface area contributed by atoms with Gasteiger partial charge in [-0.05, 0) is 30.3 Å². The number of aromatic nitrogens is 4. The molecule has 0 atom stereocenters. The number of primary amides is 1. The molecule has 0 saturated carbocycles. The lowest BCUT2D eigenvalue weighted by atomic mass is 10.2. The Hall–Kier alpha value is -2.76. The molecule has 6 heteroatoms. The van der Waals surface area contributed by atoms with E-state index in [0.29, 0.717) is 11.4 Å². The standard InChI is InChI=1S/C12H9N5O/c13-11(18)8-1-3-9(4-2-8)17-12-10(5-6-16-17)14-7-15-12/h1-7H,(H2,13,18). The maximum Gasteiger partial charge on any atom is 0.248 e. The number of imidazole rings is 1. The van der Waals surface area contributed by atoms with Crippen LogP contribution in [-0.4, -0.2) is 25.7 Å². The molecule has 0 aromatic heterocycles. The van der Waals surface area contributed by atoms with Gasteiger partial charge in [0.05, 0.1) is 11.9 Å². The Labute approximate surface area is 102 Å². The maximum atomic E-state index is 11.0. The molecule has 3 rings (SSSR count). The van der Waals surface area contributed by atoms with Crippen LogP contribution in [0.1, 0.15) is 10.4 Å². The number of benzene rings is 1. The van der Waals surface area contributed by atoms with Crippen LogP contribution < -0.4 is 5.73 Å². The van der Waals surface area contributed by atoms with Gasteiger partial charge in [-0.1, -0.05) is 0 Å². The third kappa shape index (κ3) is 1.60. The van der Waals surface area contributed by atoms with Crippen molar-refractivity contribution in [3.63, 3.8) is 0 Å². The fourth-order valence-electron chi connectivity index (χ4n) is 1.73. The number of nitrogens with zero attached hydrogens (tertiary/aromatic N) is 4. The van der Waals surface area contributed by atoms with E-state index in [-0.39, 0.29) is 0 Å². The summed E-state index contributed by atoms with van der Waals surface area (Å²) in [6, 6.07) is 8.63. The minimum atomic E-state index is -0.453. The lowest BCUT2D eigenvalue weighted by Crippen LogP contribution is -2.11. The van der Waals surface area contributed by atoms with Gasteiger partial charge in [0.2, 0.25) is 5.91 Å². The van der Waals surface area contributed by atoms with Gasteiger partial charge < -0.3 is 5.73 Å². The van der Waals surface area contributed by atoms with Crippen LogP contribution in [0.3, 0.4) is 0 Å². The van der Waals surface area contributed by atoms with Crippen molar-refractivity contribution in [2.45, 2.75) is 0 Å². The average molecular weight is 239 g/mol. The van der Waals surface area contributed by atoms with Crippen LogP contribution in [0.15, 0.2) is 42.9 Å². The number of nitrogens with two attached hydrogens (primary N) is 1. The van der Waals surface area contributed by atoms with Crippen molar-refractivity contribution in [3.8, 4) is 17.2 Å². The van der Waals surface area contributed by atoms with Crippen LogP contribution in [0.4, 0.5) is 0 Å². The highest BCUT2D eigenvalue weighted by Gasteiger charge is 2.11. The van der Waals surface area contributed by atoms with E-state index in [0.717, 1.165) is 11.4 Å². The molecule has 88 valence electrons. The van der Waals surface area contributed by atoms with E-state index in [1.165, 1.54) is 6.33 Å². The van der Waals surface area contributed by atoms with Crippen LogP contribution in [0.2, 0.25) is 0 Å². The van der Waals surface area contributed by atoms with Crippen molar-refractivity contribution in [2.75, 3.05) is 0 Å². The summed E-state index contributed by atoms with van der Waals surface area (Å²) in [5, 5.41) is 4.22. The molecular formula is C12H9N5O. The molecule has 2 aliphatic heterocycles. The quantitative estimate of drug-likeness (QED) is 0.718. The Morgan fingerprint density at radius 3 is 2.61 bits per heavy atom. The highest BCUT2D eigenvalue weighted by Crippen LogP contribution is 2.19. The van der Waals surface area contributed by atoms with E-state index in [4.69, 9.17) is 5.73 Å². The van der Waals surface area contributed by atoms with Gasteiger partial charge in [-0.3, -0.25) is 4.79 Å². The van der Waals surface area contributed by atoms with Crippen LogP contribution in [0, 0.1) is 0 Å². The molecule has 0 unspecified atom stereocenters. The first-order chi connectivity index (χ1) is 8.75. The van der Waals surface area contributed by atoms with E-state index in [1.807, 2.05) is 0 Å². The Balaban J connectivity index is 2.10.